The smallest absolute Gasteiger partial charge is 0.304 e. The number of benzene rings is 1. The van der Waals surface area contributed by atoms with Gasteiger partial charge in [0.05, 0.1) is 22.0 Å². The largest absolute Gasteiger partial charge is 0.505 e. The van der Waals surface area contributed by atoms with Crippen LogP contribution in [0, 0.1) is 20.2 Å². The number of hydrogen-bond donors (Lipinski definition) is 3. The Balaban J connectivity index is 3.37. The number of nitrogens with zero attached hydrogens (tertiary/aromatic N) is 4. The predicted molar refractivity (Wildman–Crippen MR) is 54.1 cm³/mol. The van der Waals surface area contributed by atoms with Crippen molar-refractivity contribution in [3.05, 3.63) is 32.4 Å². The van der Waals surface area contributed by atoms with Crippen LogP contribution in [0.2, 0.25) is 0 Å². The zero-order valence-electron chi connectivity index (χ0n) is 8.10. The molecule has 1 rings (SSSR count). The lowest BCUT2D eigenvalue weighted by molar-refractivity contribution is -0.393. The van der Waals surface area contributed by atoms with Gasteiger partial charge >= 0.3 is 5.69 Å². The van der Waals surface area contributed by atoms with Gasteiger partial charge in [-0.15, -0.1) is 0 Å². The Morgan fingerprint density at radius 3 is 2.41 bits per heavy atom. The van der Waals surface area contributed by atoms with Crippen molar-refractivity contribution >= 4 is 17.1 Å². The van der Waals surface area contributed by atoms with Crippen LogP contribution in [0.3, 0.4) is 0 Å². The van der Waals surface area contributed by atoms with Crippen molar-refractivity contribution in [2.75, 3.05) is 5.43 Å². The van der Waals surface area contributed by atoms with E-state index in [1.54, 1.807) is 0 Å². The van der Waals surface area contributed by atoms with E-state index < -0.39 is 32.7 Å². The monoisotopic (exact) mass is 242 g/mol. The maximum atomic E-state index is 10.6. The summed E-state index contributed by atoms with van der Waals surface area (Å²) in [7, 11) is 0. The van der Waals surface area contributed by atoms with Crippen LogP contribution in [0.5, 0.6) is 5.75 Å². The highest BCUT2D eigenvalue weighted by Gasteiger charge is 2.24. The number of hydrogen-bond acceptors (Lipinski definition) is 7. The van der Waals surface area contributed by atoms with Crippen LogP contribution in [-0.2, 0) is 0 Å². The van der Waals surface area contributed by atoms with Crippen LogP contribution in [0.4, 0.5) is 17.1 Å². The Morgan fingerprint density at radius 2 is 1.94 bits per heavy atom. The highest BCUT2D eigenvalue weighted by atomic mass is 16.6. The van der Waals surface area contributed by atoms with E-state index in [-0.39, 0.29) is 0 Å². The molecule has 0 aliphatic carbocycles. The summed E-state index contributed by atoms with van der Waals surface area (Å²) < 4.78 is 0. The van der Waals surface area contributed by atoms with Gasteiger partial charge in [-0.3, -0.25) is 20.2 Å². The van der Waals surface area contributed by atoms with Crippen molar-refractivity contribution in [1.82, 2.24) is 0 Å². The summed E-state index contributed by atoms with van der Waals surface area (Å²) in [4.78, 5) is 19.3. The molecule has 11 heteroatoms. The molecule has 0 saturated carbocycles. The van der Waals surface area contributed by atoms with Gasteiger partial charge in [-0.2, -0.15) is 0 Å². The molecule has 1 aromatic rings. The Morgan fingerprint density at radius 1 is 1.29 bits per heavy atom. The van der Waals surface area contributed by atoms with Crippen LogP contribution in [-0.4, -0.2) is 15.0 Å². The van der Waals surface area contributed by atoms with Crippen LogP contribution in [0.15, 0.2) is 22.6 Å². The molecule has 4 N–H and O–H groups in total. The van der Waals surface area contributed by atoms with Crippen molar-refractivity contribution < 1.29 is 15.0 Å². The molecule has 0 bridgehead atoms. The molecular weight excluding hydrogens is 236 g/mol. The Hall–Kier alpha value is -2.98. The molecule has 0 saturated heterocycles. The summed E-state index contributed by atoms with van der Waals surface area (Å²) in [5.74, 6) is 3.96. The van der Waals surface area contributed by atoms with E-state index >= 15 is 0 Å². The van der Waals surface area contributed by atoms with Crippen LogP contribution in [0.1, 0.15) is 0 Å². The SMILES string of the molecule is NN=NNc1c(O)cc([N+](=O)[O-])cc1[N+](=O)[O-]. The number of nitrogens with one attached hydrogen (secondary N) is 1. The first-order chi connectivity index (χ1) is 7.97. The summed E-state index contributed by atoms with van der Waals surface area (Å²) in [5, 5.41) is 36.3. The van der Waals surface area contributed by atoms with E-state index in [9.17, 15) is 25.3 Å². The van der Waals surface area contributed by atoms with Crippen molar-refractivity contribution in [3.63, 3.8) is 0 Å². The minimum Gasteiger partial charge on any atom is -0.505 e. The lowest BCUT2D eigenvalue weighted by Crippen LogP contribution is -1.99. The van der Waals surface area contributed by atoms with Gasteiger partial charge in [0.2, 0.25) is 0 Å². The summed E-state index contributed by atoms with van der Waals surface area (Å²) in [6.07, 6.45) is 0. The van der Waals surface area contributed by atoms with E-state index in [0.717, 1.165) is 6.07 Å². The van der Waals surface area contributed by atoms with Crippen LogP contribution in [0.25, 0.3) is 0 Å². The van der Waals surface area contributed by atoms with Crippen molar-refractivity contribution in [1.29, 1.82) is 0 Å². The first-order valence-corrected chi connectivity index (χ1v) is 3.99. The molecule has 0 heterocycles. The predicted octanol–water partition coefficient (Wildman–Crippen LogP) is 0.861. The van der Waals surface area contributed by atoms with Crippen molar-refractivity contribution in [2.24, 2.45) is 16.3 Å². The molecular formula is C6H6N6O5. The third-order valence-corrected chi connectivity index (χ3v) is 1.71. The average molecular weight is 242 g/mol. The van der Waals surface area contributed by atoms with Gasteiger partial charge < -0.3 is 10.9 Å². The number of nitro benzene ring substituents is 2. The normalized spacial score (nSPS) is 10.4. The molecule has 0 spiro atoms. The average Bonchev–Trinajstić information content (AvgIpc) is 2.26. The second kappa shape index (κ2) is 4.69. The minimum absolute atomic E-state index is 0.435. The molecule has 0 unspecified atom stereocenters. The molecule has 0 aliphatic heterocycles. The zero-order valence-corrected chi connectivity index (χ0v) is 8.10. The molecule has 17 heavy (non-hydrogen) atoms. The molecule has 0 aromatic heterocycles. The van der Waals surface area contributed by atoms with Gasteiger partial charge in [0.15, 0.2) is 11.4 Å². The van der Waals surface area contributed by atoms with Crippen LogP contribution < -0.4 is 11.3 Å². The second-order valence-electron chi connectivity index (χ2n) is 2.70. The highest BCUT2D eigenvalue weighted by molar-refractivity contribution is 5.72. The number of nitrogens with two attached hydrogens (primary N) is 1. The fourth-order valence-corrected chi connectivity index (χ4v) is 1.04. The van der Waals surface area contributed by atoms with E-state index in [2.05, 4.69) is 16.3 Å². The van der Waals surface area contributed by atoms with Gasteiger partial charge in [0.25, 0.3) is 5.69 Å². The third-order valence-electron chi connectivity index (χ3n) is 1.71. The summed E-state index contributed by atoms with van der Waals surface area (Å²) in [6.45, 7) is 0. The number of nitro groups is 2. The van der Waals surface area contributed by atoms with Gasteiger partial charge in [-0.25, -0.2) is 5.43 Å². The number of non-ortho nitro benzene ring substituents is 1. The van der Waals surface area contributed by atoms with Gasteiger partial charge in [-0.1, -0.05) is 10.4 Å². The number of phenols is 1. The lowest BCUT2D eigenvalue weighted by Gasteiger charge is -2.03. The molecule has 0 fully saturated rings. The standard InChI is InChI=1S/C6H6N6O5/c7-9-10-8-6-4(12(16)17)1-3(11(14)15)2-5(6)13/h1-2,13H,(H2,7,10)(H,8,9). The summed E-state index contributed by atoms with van der Waals surface area (Å²) in [5.41, 5.74) is 0.223. The quantitative estimate of drug-likeness (QED) is 0.231. The summed E-state index contributed by atoms with van der Waals surface area (Å²) >= 11 is 0. The topological polar surface area (TPSA) is 169 Å². The van der Waals surface area contributed by atoms with Gasteiger partial charge in [0.1, 0.15) is 0 Å². The van der Waals surface area contributed by atoms with E-state index in [4.69, 9.17) is 0 Å². The van der Waals surface area contributed by atoms with Crippen molar-refractivity contribution in [2.45, 2.75) is 0 Å². The Labute approximate surface area is 92.8 Å². The molecule has 90 valence electrons. The molecule has 0 aliphatic rings. The molecule has 0 amide bonds. The van der Waals surface area contributed by atoms with E-state index in [1.165, 1.54) is 0 Å². The molecule has 1 aromatic carbocycles. The van der Waals surface area contributed by atoms with E-state index in [0.29, 0.717) is 6.07 Å². The van der Waals surface area contributed by atoms with Crippen LogP contribution >= 0.6 is 0 Å². The molecule has 0 radical (unpaired) electrons. The second-order valence-corrected chi connectivity index (χ2v) is 2.70. The first kappa shape index (κ1) is 12.1. The highest BCUT2D eigenvalue weighted by Crippen LogP contribution is 2.37. The first-order valence-electron chi connectivity index (χ1n) is 3.99. The van der Waals surface area contributed by atoms with Gasteiger partial charge in [0, 0.05) is 0 Å². The number of anilines is 1. The number of phenolic OH excluding ortho intramolecular Hbond substituents is 1. The minimum atomic E-state index is -0.916. The Kier molecular flexibility index (Phi) is 3.34. The number of rotatable bonds is 4. The fourth-order valence-electron chi connectivity index (χ4n) is 1.04. The molecule has 11 nitrogen and oxygen atoms in total. The lowest BCUT2D eigenvalue weighted by atomic mass is 10.2. The Bertz CT molecular complexity index is 500. The van der Waals surface area contributed by atoms with E-state index in [1.807, 2.05) is 5.43 Å². The third kappa shape index (κ3) is 2.53. The molecule has 0 atom stereocenters. The van der Waals surface area contributed by atoms with Gasteiger partial charge in [-0.05, 0) is 0 Å². The zero-order chi connectivity index (χ0) is 13.0. The number of aromatic hydroxyl groups is 1. The van der Waals surface area contributed by atoms with Crippen molar-refractivity contribution in [3.8, 4) is 5.75 Å². The maximum Gasteiger partial charge on any atom is 0.304 e. The summed E-state index contributed by atoms with van der Waals surface area (Å²) in [6, 6.07) is 1.41. The maximum absolute atomic E-state index is 10.6. The fraction of sp³-hybridized carbons (Fsp3) is 0.